The molecule has 0 fully saturated rings. The Morgan fingerprint density at radius 3 is 3.38 bits per heavy atom. The molecule has 0 saturated carbocycles. The Morgan fingerprint density at radius 2 is 2.50 bits per heavy atom. The molecule has 0 amide bonds. The molecule has 0 bridgehead atoms. The number of hydrogen-bond donors (Lipinski definition) is 2. The summed E-state index contributed by atoms with van der Waals surface area (Å²) in [4.78, 5) is 3.54. The molecule has 0 radical (unpaired) electrons. The maximum Gasteiger partial charge on any atom is 0.212 e. The highest BCUT2D eigenvalue weighted by atomic mass is 16.3. The van der Waals surface area contributed by atoms with E-state index >= 15 is 0 Å². The maximum absolute atomic E-state index is 8.66. The van der Waals surface area contributed by atoms with Gasteiger partial charge in [0.2, 0.25) is 5.88 Å². The van der Waals surface area contributed by atoms with Crippen LogP contribution in [0.4, 0.5) is 0 Å². The number of allylic oxidation sites excluding steroid dienone is 2. The van der Waals surface area contributed by atoms with Gasteiger partial charge in [-0.15, -0.1) is 0 Å². The summed E-state index contributed by atoms with van der Waals surface area (Å²) < 4.78 is 0. The lowest BCUT2D eigenvalue weighted by atomic mass is 10.5. The predicted octanol–water partition coefficient (Wildman–Crippen LogP) is 0.531. The van der Waals surface area contributed by atoms with Crippen molar-refractivity contribution in [2.75, 3.05) is 0 Å². The third-order valence-corrected chi connectivity index (χ3v) is 0.709. The molecular weight excluding hydrogens is 104 g/mol. The van der Waals surface area contributed by atoms with Crippen LogP contribution in [0.15, 0.2) is 29.2 Å². The lowest BCUT2D eigenvalue weighted by Gasteiger charge is -1.82. The normalized spacial score (nSPS) is 16.8. The van der Waals surface area contributed by atoms with Crippen molar-refractivity contribution in [3.63, 3.8) is 0 Å². The van der Waals surface area contributed by atoms with Crippen molar-refractivity contribution in [1.82, 2.24) is 5.32 Å². The van der Waals surface area contributed by atoms with Gasteiger partial charge in [-0.3, -0.25) is 0 Å². The second-order valence-corrected chi connectivity index (χ2v) is 1.31. The summed E-state index contributed by atoms with van der Waals surface area (Å²) >= 11 is 0. The fourth-order valence-electron chi connectivity index (χ4n) is 0.379. The summed E-state index contributed by atoms with van der Waals surface area (Å²) in [5.41, 5.74) is 0. The molecule has 1 aliphatic heterocycles. The minimum absolute atomic E-state index is 0.0197. The first kappa shape index (κ1) is 4.90. The fraction of sp³-hybridized carbons (Fsp3) is 0. The zero-order valence-corrected chi connectivity index (χ0v) is 4.20. The molecule has 2 N–H and O–H groups in total. The number of aliphatic hydroxyl groups excluding tert-OH is 1. The van der Waals surface area contributed by atoms with E-state index in [1.54, 1.807) is 12.3 Å². The molecule has 0 aromatic rings. The maximum atomic E-state index is 8.66. The summed E-state index contributed by atoms with van der Waals surface area (Å²) in [5.74, 6) is 0.0197. The van der Waals surface area contributed by atoms with Crippen LogP contribution in [0.1, 0.15) is 0 Å². The standard InChI is InChI=1S/C5H6N2O/c8-5-2-1-3-6-4-7-5/h1-4,8H,(H,6,7). The quantitative estimate of drug-likeness (QED) is 0.477. The highest BCUT2D eigenvalue weighted by Crippen LogP contribution is 1.90. The molecule has 1 aliphatic rings. The first-order valence-corrected chi connectivity index (χ1v) is 2.24. The summed E-state index contributed by atoms with van der Waals surface area (Å²) in [7, 11) is 0. The number of nitrogens with zero attached hydrogens (tertiary/aromatic N) is 1. The van der Waals surface area contributed by atoms with E-state index in [0.29, 0.717) is 0 Å². The zero-order valence-electron chi connectivity index (χ0n) is 4.20. The van der Waals surface area contributed by atoms with Crippen LogP contribution in [0.2, 0.25) is 0 Å². The van der Waals surface area contributed by atoms with Crippen LogP contribution in [0.5, 0.6) is 0 Å². The Bertz CT molecular complexity index is 158. The number of aliphatic hydroxyl groups is 1. The van der Waals surface area contributed by atoms with Gasteiger partial charge in [0.05, 0.1) is 6.34 Å². The molecule has 0 aromatic heterocycles. The van der Waals surface area contributed by atoms with Crippen LogP contribution >= 0.6 is 0 Å². The molecule has 8 heavy (non-hydrogen) atoms. The number of aliphatic imine (C=N–C) groups is 1. The van der Waals surface area contributed by atoms with E-state index in [9.17, 15) is 0 Å². The summed E-state index contributed by atoms with van der Waals surface area (Å²) in [5, 5.41) is 11.4. The molecule has 1 heterocycles. The van der Waals surface area contributed by atoms with Crippen molar-refractivity contribution in [2.24, 2.45) is 4.99 Å². The molecule has 0 aromatic carbocycles. The molecule has 3 nitrogen and oxygen atoms in total. The molecular formula is C5H6N2O. The molecule has 1 rings (SSSR count). The summed E-state index contributed by atoms with van der Waals surface area (Å²) in [6, 6.07) is 0. The third-order valence-electron chi connectivity index (χ3n) is 0.709. The van der Waals surface area contributed by atoms with E-state index < -0.39 is 0 Å². The van der Waals surface area contributed by atoms with Gasteiger partial charge >= 0.3 is 0 Å². The number of hydrogen-bond acceptors (Lipinski definition) is 3. The van der Waals surface area contributed by atoms with Gasteiger partial charge in [-0.2, -0.15) is 0 Å². The van der Waals surface area contributed by atoms with E-state index in [0.717, 1.165) is 0 Å². The molecule has 0 spiro atoms. The van der Waals surface area contributed by atoms with Crippen LogP contribution in [0.3, 0.4) is 0 Å². The van der Waals surface area contributed by atoms with Gasteiger partial charge in [0.1, 0.15) is 0 Å². The van der Waals surface area contributed by atoms with E-state index in [4.69, 9.17) is 5.11 Å². The van der Waals surface area contributed by atoms with Gasteiger partial charge < -0.3 is 10.4 Å². The van der Waals surface area contributed by atoms with Gasteiger partial charge in [-0.25, -0.2) is 4.99 Å². The van der Waals surface area contributed by atoms with E-state index in [1.165, 1.54) is 12.4 Å². The minimum atomic E-state index is 0.0197. The first-order chi connectivity index (χ1) is 3.89. The van der Waals surface area contributed by atoms with E-state index in [2.05, 4.69) is 10.3 Å². The van der Waals surface area contributed by atoms with Crippen LogP contribution in [0, 0.1) is 0 Å². The van der Waals surface area contributed by atoms with Crippen LogP contribution in [-0.4, -0.2) is 11.4 Å². The van der Waals surface area contributed by atoms with Crippen molar-refractivity contribution in [2.45, 2.75) is 0 Å². The minimum Gasteiger partial charge on any atom is -0.493 e. The van der Waals surface area contributed by atoms with Gasteiger partial charge in [-0.05, 0) is 6.08 Å². The van der Waals surface area contributed by atoms with E-state index in [-0.39, 0.29) is 5.88 Å². The number of rotatable bonds is 0. The number of nitrogens with one attached hydrogen (secondary N) is 1. The lowest BCUT2D eigenvalue weighted by Crippen LogP contribution is -1.97. The van der Waals surface area contributed by atoms with Crippen LogP contribution in [0.25, 0.3) is 0 Å². The predicted molar refractivity (Wildman–Crippen MR) is 31.5 cm³/mol. The molecule has 42 valence electrons. The van der Waals surface area contributed by atoms with Gasteiger partial charge in [0.15, 0.2) is 0 Å². The van der Waals surface area contributed by atoms with Crippen molar-refractivity contribution >= 4 is 6.34 Å². The second-order valence-electron chi connectivity index (χ2n) is 1.31. The molecule has 0 aliphatic carbocycles. The van der Waals surface area contributed by atoms with Crippen molar-refractivity contribution in [3.8, 4) is 0 Å². The van der Waals surface area contributed by atoms with Crippen LogP contribution < -0.4 is 5.32 Å². The average Bonchev–Trinajstić information content (AvgIpc) is 1.94. The van der Waals surface area contributed by atoms with Crippen molar-refractivity contribution < 1.29 is 5.11 Å². The Labute approximate surface area is 47.1 Å². The Kier molecular flexibility index (Phi) is 1.32. The van der Waals surface area contributed by atoms with Gasteiger partial charge in [0, 0.05) is 12.3 Å². The molecule has 0 atom stereocenters. The van der Waals surface area contributed by atoms with Crippen molar-refractivity contribution in [1.29, 1.82) is 0 Å². The van der Waals surface area contributed by atoms with Crippen molar-refractivity contribution in [3.05, 3.63) is 24.2 Å². The summed E-state index contributed by atoms with van der Waals surface area (Å²) in [6.45, 7) is 0. The van der Waals surface area contributed by atoms with Crippen LogP contribution in [-0.2, 0) is 0 Å². The Hall–Kier alpha value is -1.25. The largest absolute Gasteiger partial charge is 0.493 e. The van der Waals surface area contributed by atoms with E-state index in [1.807, 2.05) is 0 Å². The highest BCUT2D eigenvalue weighted by Gasteiger charge is 1.83. The SMILES string of the molecule is OC1=CC=CNC=N1. The highest BCUT2D eigenvalue weighted by molar-refractivity contribution is 5.58. The second kappa shape index (κ2) is 2.16. The molecule has 0 unspecified atom stereocenters. The molecule has 0 saturated heterocycles. The topological polar surface area (TPSA) is 44.6 Å². The monoisotopic (exact) mass is 110 g/mol. The third kappa shape index (κ3) is 1.11. The van der Waals surface area contributed by atoms with Gasteiger partial charge in [0.25, 0.3) is 0 Å². The molecule has 3 heteroatoms. The fourth-order valence-corrected chi connectivity index (χ4v) is 0.379. The lowest BCUT2D eigenvalue weighted by molar-refractivity contribution is 0.408. The first-order valence-electron chi connectivity index (χ1n) is 2.24. The summed E-state index contributed by atoms with van der Waals surface area (Å²) in [6.07, 6.45) is 6.25. The smallest absolute Gasteiger partial charge is 0.212 e. The zero-order chi connectivity index (χ0) is 5.82. The Morgan fingerprint density at radius 1 is 1.62 bits per heavy atom. The average molecular weight is 110 g/mol. The Balaban J connectivity index is 2.73. The van der Waals surface area contributed by atoms with Gasteiger partial charge in [-0.1, -0.05) is 0 Å².